The van der Waals surface area contributed by atoms with Crippen LogP contribution in [0.15, 0.2) is 23.2 Å². The smallest absolute Gasteiger partial charge is 0.244 e. The first-order valence-electron chi connectivity index (χ1n) is 8.93. The van der Waals surface area contributed by atoms with Crippen LogP contribution in [-0.2, 0) is 4.79 Å². The molecule has 3 N–H and O–H groups in total. The Morgan fingerprint density at radius 3 is 2.41 bits per heavy atom. The lowest BCUT2D eigenvalue weighted by molar-refractivity contribution is -0.130. The van der Waals surface area contributed by atoms with Crippen LogP contribution >= 0.6 is 47.2 Å². The summed E-state index contributed by atoms with van der Waals surface area (Å²) in [7, 11) is 0. The summed E-state index contributed by atoms with van der Waals surface area (Å²) >= 11 is 11.9. The molecule has 9 heteroatoms. The average molecular weight is 529 g/mol. The van der Waals surface area contributed by atoms with Gasteiger partial charge in [-0.05, 0) is 49.9 Å². The molecule has 2 rings (SSSR count). The summed E-state index contributed by atoms with van der Waals surface area (Å²) in [6, 6.07) is 4.96. The van der Waals surface area contributed by atoms with Crippen LogP contribution in [0, 0.1) is 0 Å². The Morgan fingerprint density at radius 1 is 1.19 bits per heavy atom. The zero-order valence-corrected chi connectivity index (χ0v) is 19.2. The normalized spacial score (nSPS) is 15.7. The van der Waals surface area contributed by atoms with E-state index < -0.39 is 6.10 Å². The van der Waals surface area contributed by atoms with E-state index in [1.54, 1.807) is 18.2 Å². The van der Waals surface area contributed by atoms with Crippen molar-refractivity contribution >= 4 is 59.0 Å². The SMILES string of the molecule is CCNC(=NCC(=O)N1CCCCC1)NCC(O)c1cc(Cl)cc(Cl)c1.I. The zero-order valence-electron chi connectivity index (χ0n) is 15.4. The molecule has 0 aliphatic carbocycles. The topological polar surface area (TPSA) is 77.0 Å². The maximum absolute atomic E-state index is 12.2. The van der Waals surface area contributed by atoms with Gasteiger partial charge in [-0.2, -0.15) is 0 Å². The summed E-state index contributed by atoms with van der Waals surface area (Å²) in [4.78, 5) is 18.4. The summed E-state index contributed by atoms with van der Waals surface area (Å²) in [5.41, 5.74) is 0.621. The number of aliphatic hydroxyl groups excluding tert-OH is 1. The molecule has 1 aliphatic heterocycles. The van der Waals surface area contributed by atoms with Gasteiger partial charge in [-0.1, -0.05) is 23.2 Å². The number of aliphatic hydroxyl groups is 1. The highest BCUT2D eigenvalue weighted by Gasteiger charge is 2.16. The fraction of sp³-hybridized carbons (Fsp3) is 0.556. The number of hydrogen-bond donors (Lipinski definition) is 3. The van der Waals surface area contributed by atoms with E-state index in [4.69, 9.17) is 23.2 Å². The van der Waals surface area contributed by atoms with Gasteiger partial charge in [0.1, 0.15) is 6.54 Å². The standard InChI is InChI=1S/C18H26Cl2N4O2.HI/c1-2-21-18(23-12-17(26)24-6-4-3-5-7-24)22-11-16(25)13-8-14(19)10-15(20)9-13;/h8-10,16,25H,2-7,11-12H2,1H3,(H2,21,22,23);1H. The average Bonchev–Trinajstić information content (AvgIpc) is 2.63. The van der Waals surface area contributed by atoms with Crippen LogP contribution in [0.2, 0.25) is 10.0 Å². The van der Waals surface area contributed by atoms with Crippen molar-refractivity contribution in [1.29, 1.82) is 0 Å². The number of rotatable bonds is 6. The van der Waals surface area contributed by atoms with E-state index in [0.29, 0.717) is 28.1 Å². The van der Waals surface area contributed by atoms with Crippen LogP contribution in [0.1, 0.15) is 37.9 Å². The molecular weight excluding hydrogens is 502 g/mol. The van der Waals surface area contributed by atoms with Crippen LogP contribution in [0.4, 0.5) is 0 Å². The first-order valence-corrected chi connectivity index (χ1v) is 9.69. The predicted octanol–water partition coefficient (Wildman–Crippen LogP) is 3.21. The van der Waals surface area contributed by atoms with Gasteiger partial charge >= 0.3 is 0 Å². The van der Waals surface area contributed by atoms with Crippen LogP contribution in [0.5, 0.6) is 0 Å². The number of benzene rings is 1. The number of hydrogen-bond acceptors (Lipinski definition) is 3. The van der Waals surface area contributed by atoms with Crippen molar-refractivity contribution in [2.45, 2.75) is 32.3 Å². The molecule has 0 aromatic heterocycles. The lowest BCUT2D eigenvalue weighted by Crippen LogP contribution is -2.41. The highest BCUT2D eigenvalue weighted by atomic mass is 127. The number of likely N-dealkylation sites (tertiary alicyclic amines) is 1. The van der Waals surface area contributed by atoms with Gasteiger partial charge in [0.05, 0.1) is 6.10 Å². The van der Waals surface area contributed by atoms with Crippen molar-refractivity contribution in [3.05, 3.63) is 33.8 Å². The second-order valence-electron chi connectivity index (χ2n) is 6.24. The maximum atomic E-state index is 12.2. The number of carbonyl (C=O) groups is 1. The highest BCUT2D eigenvalue weighted by molar-refractivity contribution is 14.0. The van der Waals surface area contributed by atoms with Crippen molar-refractivity contribution < 1.29 is 9.90 Å². The Labute approximate surface area is 187 Å². The third kappa shape index (κ3) is 8.41. The Balaban J connectivity index is 0.00000364. The fourth-order valence-corrected chi connectivity index (χ4v) is 3.35. The minimum absolute atomic E-state index is 0. The van der Waals surface area contributed by atoms with E-state index in [1.807, 2.05) is 11.8 Å². The number of piperidine rings is 1. The molecule has 0 saturated carbocycles. The van der Waals surface area contributed by atoms with Crippen LogP contribution < -0.4 is 10.6 Å². The number of carbonyl (C=O) groups excluding carboxylic acids is 1. The fourth-order valence-electron chi connectivity index (χ4n) is 2.81. The molecule has 0 spiro atoms. The quantitative estimate of drug-likeness (QED) is 0.301. The van der Waals surface area contributed by atoms with Crippen LogP contribution in [-0.4, -0.2) is 54.6 Å². The third-order valence-corrected chi connectivity index (χ3v) is 4.59. The minimum atomic E-state index is -0.798. The van der Waals surface area contributed by atoms with Crippen LogP contribution in [0.25, 0.3) is 0 Å². The summed E-state index contributed by atoms with van der Waals surface area (Å²) in [5, 5.41) is 17.4. The lowest BCUT2D eigenvalue weighted by atomic mass is 10.1. The first-order chi connectivity index (χ1) is 12.5. The molecular formula is C18H27Cl2IN4O2. The summed E-state index contributed by atoms with van der Waals surface area (Å²) in [6.07, 6.45) is 2.50. The lowest BCUT2D eigenvalue weighted by Gasteiger charge is -2.26. The Hall–Kier alpha value is -0.770. The van der Waals surface area contributed by atoms with E-state index in [2.05, 4.69) is 15.6 Å². The molecule has 1 aromatic rings. The molecule has 1 aromatic carbocycles. The molecule has 1 atom stereocenters. The molecule has 27 heavy (non-hydrogen) atoms. The minimum Gasteiger partial charge on any atom is -0.387 e. The Morgan fingerprint density at radius 2 is 1.81 bits per heavy atom. The number of halogens is 3. The van der Waals surface area contributed by atoms with E-state index in [0.717, 1.165) is 25.9 Å². The summed E-state index contributed by atoms with van der Waals surface area (Å²) < 4.78 is 0. The molecule has 1 aliphatic rings. The Bertz CT molecular complexity index is 620. The number of aliphatic imine (C=N–C) groups is 1. The van der Waals surface area contributed by atoms with Gasteiger partial charge in [0, 0.05) is 36.2 Å². The monoisotopic (exact) mass is 528 g/mol. The number of nitrogens with one attached hydrogen (secondary N) is 2. The summed E-state index contributed by atoms with van der Waals surface area (Å²) in [6.45, 7) is 4.54. The second-order valence-corrected chi connectivity index (χ2v) is 7.11. The molecule has 1 fully saturated rings. The number of nitrogens with zero attached hydrogens (tertiary/aromatic N) is 2. The van der Waals surface area contributed by atoms with Gasteiger partial charge in [0.2, 0.25) is 5.91 Å². The molecule has 1 amide bonds. The van der Waals surface area contributed by atoms with Gasteiger partial charge in [0.25, 0.3) is 0 Å². The van der Waals surface area contributed by atoms with Crippen molar-refractivity contribution in [2.75, 3.05) is 32.7 Å². The molecule has 1 unspecified atom stereocenters. The second kappa shape index (κ2) is 12.6. The van der Waals surface area contributed by atoms with Crippen molar-refractivity contribution in [2.24, 2.45) is 4.99 Å². The number of amides is 1. The van der Waals surface area contributed by atoms with Crippen molar-refractivity contribution in [3.8, 4) is 0 Å². The molecule has 1 heterocycles. The van der Waals surface area contributed by atoms with E-state index in [1.165, 1.54) is 6.42 Å². The van der Waals surface area contributed by atoms with Gasteiger partial charge in [-0.3, -0.25) is 4.79 Å². The molecule has 1 saturated heterocycles. The molecule has 0 radical (unpaired) electrons. The predicted molar refractivity (Wildman–Crippen MR) is 121 cm³/mol. The van der Waals surface area contributed by atoms with Gasteiger partial charge in [0.15, 0.2) is 5.96 Å². The van der Waals surface area contributed by atoms with E-state index in [-0.39, 0.29) is 43.0 Å². The van der Waals surface area contributed by atoms with E-state index in [9.17, 15) is 9.90 Å². The molecule has 6 nitrogen and oxygen atoms in total. The van der Waals surface area contributed by atoms with E-state index >= 15 is 0 Å². The van der Waals surface area contributed by atoms with Gasteiger partial charge in [-0.15, -0.1) is 24.0 Å². The first kappa shape index (κ1) is 24.3. The summed E-state index contributed by atoms with van der Waals surface area (Å²) in [5.74, 6) is 0.522. The molecule has 0 bridgehead atoms. The Kier molecular flexibility index (Phi) is 11.4. The van der Waals surface area contributed by atoms with Gasteiger partial charge in [-0.25, -0.2) is 4.99 Å². The number of guanidine groups is 1. The zero-order chi connectivity index (χ0) is 18.9. The van der Waals surface area contributed by atoms with Crippen LogP contribution in [0.3, 0.4) is 0 Å². The van der Waals surface area contributed by atoms with Crippen molar-refractivity contribution in [3.63, 3.8) is 0 Å². The third-order valence-electron chi connectivity index (χ3n) is 4.16. The highest BCUT2D eigenvalue weighted by Crippen LogP contribution is 2.23. The maximum Gasteiger partial charge on any atom is 0.244 e. The molecule has 152 valence electrons. The largest absolute Gasteiger partial charge is 0.387 e. The van der Waals surface area contributed by atoms with Crippen molar-refractivity contribution in [1.82, 2.24) is 15.5 Å². The van der Waals surface area contributed by atoms with Gasteiger partial charge < -0.3 is 20.6 Å².